The van der Waals surface area contributed by atoms with Gasteiger partial charge in [0, 0.05) is 0 Å². The number of alkyl halides is 1. The Kier molecular flexibility index (Phi) is 3.41. The summed E-state index contributed by atoms with van der Waals surface area (Å²) >= 11 is 5.80. The van der Waals surface area contributed by atoms with Crippen molar-refractivity contribution in [1.82, 2.24) is 0 Å². The van der Waals surface area contributed by atoms with Gasteiger partial charge in [0.2, 0.25) is 0 Å². The molecule has 0 fully saturated rings. The van der Waals surface area contributed by atoms with E-state index in [4.69, 9.17) is 17.3 Å². The topological polar surface area (TPSA) is 26.0 Å². The molecule has 0 aromatic heterocycles. The maximum absolute atomic E-state index is 5.80. The van der Waals surface area contributed by atoms with E-state index < -0.39 is 5.00 Å². The van der Waals surface area contributed by atoms with Gasteiger partial charge in [-0.3, -0.25) is 0 Å². The lowest BCUT2D eigenvalue weighted by molar-refractivity contribution is 0.524. The molecule has 0 aliphatic rings. The quantitative estimate of drug-likeness (QED) is 0.466. The van der Waals surface area contributed by atoms with Crippen LogP contribution in [0.15, 0.2) is 0 Å². The van der Waals surface area contributed by atoms with Crippen molar-refractivity contribution in [2.45, 2.75) is 38.1 Å². The first kappa shape index (κ1) is 8.25. The number of rotatable bonds is 3. The summed E-state index contributed by atoms with van der Waals surface area (Å²) in [4.78, 5) is -0.436. The molecule has 0 saturated carbocycles. The molecule has 0 aromatic rings. The van der Waals surface area contributed by atoms with Crippen molar-refractivity contribution in [3.63, 3.8) is 0 Å². The van der Waals surface area contributed by atoms with Gasteiger partial charge in [-0.05, 0) is 12.8 Å². The molecule has 1 unspecified atom stereocenters. The molecule has 0 saturated heterocycles. The molecule has 1 atom stereocenters. The van der Waals surface area contributed by atoms with E-state index in [1.165, 1.54) is 0 Å². The van der Waals surface area contributed by atoms with E-state index in [0.717, 1.165) is 19.3 Å². The van der Waals surface area contributed by atoms with Gasteiger partial charge in [0.05, 0.1) is 5.00 Å². The maximum atomic E-state index is 5.80. The summed E-state index contributed by atoms with van der Waals surface area (Å²) in [5.41, 5.74) is 5.59. The second-order valence-corrected chi connectivity index (χ2v) is 2.89. The highest BCUT2D eigenvalue weighted by Gasteiger charge is 2.15. The van der Waals surface area contributed by atoms with Crippen LogP contribution in [0.25, 0.3) is 0 Å². The molecule has 0 amide bonds. The van der Waals surface area contributed by atoms with Gasteiger partial charge in [0.15, 0.2) is 0 Å². The molecule has 2 heteroatoms. The molecule has 2 N–H and O–H groups in total. The van der Waals surface area contributed by atoms with Crippen LogP contribution in [0, 0.1) is 0 Å². The molecule has 8 heavy (non-hydrogen) atoms. The van der Waals surface area contributed by atoms with Crippen LogP contribution in [0.2, 0.25) is 0 Å². The summed E-state index contributed by atoms with van der Waals surface area (Å²) in [6, 6.07) is 0. The van der Waals surface area contributed by atoms with Crippen LogP contribution in [-0.2, 0) is 0 Å². The van der Waals surface area contributed by atoms with Crippen LogP contribution in [0.5, 0.6) is 0 Å². The van der Waals surface area contributed by atoms with Crippen LogP contribution in [0.3, 0.4) is 0 Å². The summed E-state index contributed by atoms with van der Waals surface area (Å²) in [6.07, 6.45) is 2.82. The first-order valence-electron chi connectivity index (χ1n) is 3.10. The van der Waals surface area contributed by atoms with Crippen LogP contribution in [0.4, 0.5) is 0 Å². The van der Waals surface area contributed by atoms with Gasteiger partial charge in [-0.15, -0.1) is 11.6 Å². The van der Waals surface area contributed by atoms with Crippen molar-refractivity contribution in [3.8, 4) is 0 Å². The molecule has 0 aromatic carbocycles. The summed E-state index contributed by atoms with van der Waals surface area (Å²) in [6.45, 7) is 4.09. The Labute approximate surface area is 56.2 Å². The minimum atomic E-state index is -0.436. The third kappa shape index (κ3) is 3.28. The van der Waals surface area contributed by atoms with E-state index in [1.807, 2.05) is 6.92 Å². The van der Waals surface area contributed by atoms with E-state index in [-0.39, 0.29) is 0 Å². The molecule has 1 nitrogen and oxygen atoms in total. The van der Waals surface area contributed by atoms with Gasteiger partial charge in [0.25, 0.3) is 0 Å². The first-order valence-corrected chi connectivity index (χ1v) is 3.48. The molecule has 0 bridgehead atoms. The van der Waals surface area contributed by atoms with E-state index in [2.05, 4.69) is 6.92 Å². The van der Waals surface area contributed by atoms with Gasteiger partial charge >= 0.3 is 0 Å². The second-order valence-electron chi connectivity index (χ2n) is 2.14. The molecule has 0 spiro atoms. The van der Waals surface area contributed by atoms with Crippen molar-refractivity contribution in [3.05, 3.63) is 0 Å². The van der Waals surface area contributed by atoms with Crippen LogP contribution >= 0.6 is 11.6 Å². The van der Waals surface area contributed by atoms with Crippen LogP contribution < -0.4 is 5.73 Å². The lowest BCUT2D eigenvalue weighted by Crippen LogP contribution is -2.31. The lowest BCUT2D eigenvalue weighted by Gasteiger charge is -2.17. The SMILES string of the molecule is CCCC(N)(Cl)CC. The maximum Gasteiger partial charge on any atom is 0.0908 e. The highest BCUT2D eigenvalue weighted by molar-refractivity contribution is 6.23. The van der Waals surface area contributed by atoms with Crippen molar-refractivity contribution < 1.29 is 0 Å². The fourth-order valence-corrected chi connectivity index (χ4v) is 0.781. The number of nitrogens with two attached hydrogens (primary N) is 1. The number of hydrogen-bond acceptors (Lipinski definition) is 1. The molecule has 0 aliphatic heterocycles. The third-order valence-corrected chi connectivity index (χ3v) is 1.71. The van der Waals surface area contributed by atoms with Gasteiger partial charge in [0.1, 0.15) is 0 Å². The molecule has 0 rings (SSSR count). The smallest absolute Gasteiger partial charge is 0.0908 e. The predicted molar refractivity (Wildman–Crippen MR) is 38.0 cm³/mol. The third-order valence-electron chi connectivity index (χ3n) is 1.25. The molecule has 50 valence electrons. The van der Waals surface area contributed by atoms with Crippen molar-refractivity contribution in [2.75, 3.05) is 0 Å². The largest absolute Gasteiger partial charge is 0.313 e. The highest BCUT2D eigenvalue weighted by Crippen LogP contribution is 2.17. The molecular weight excluding hydrogens is 122 g/mol. The van der Waals surface area contributed by atoms with E-state index in [9.17, 15) is 0 Å². The monoisotopic (exact) mass is 135 g/mol. The number of hydrogen-bond donors (Lipinski definition) is 1. The van der Waals surface area contributed by atoms with Gasteiger partial charge < -0.3 is 5.73 Å². The Hall–Kier alpha value is 0.250. The van der Waals surface area contributed by atoms with Gasteiger partial charge in [-0.2, -0.15) is 0 Å². The minimum Gasteiger partial charge on any atom is -0.313 e. The zero-order valence-corrected chi connectivity index (χ0v) is 6.33. The predicted octanol–water partition coefficient (Wildman–Crippen LogP) is 2.09. The van der Waals surface area contributed by atoms with Crippen LogP contribution in [0.1, 0.15) is 33.1 Å². The number of halogens is 1. The second kappa shape index (κ2) is 3.31. The lowest BCUT2D eigenvalue weighted by atomic mass is 10.1. The normalized spacial score (nSPS) is 18.0. The summed E-state index contributed by atoms with van der Waals surface area (Å²) in [7, 11) is 0. The van der Waals surface area contributed by atoms with E-state index in [0.29, 0.717) is 0 Å². The summed E-state index contributed by atoms with van der Waals surface area (Å²) in [5, 5.41) is 0. The van der Waals surface area contributed by atoms with Crippen LogP contribution in [-0.4, -0.2) is 5.00 Å². The standard InChI is InChI=1S/C6H14ClN/c1-3-5-6(7,8)4-2/h3-5,8H2,1-2H3. The average Bonchev–Trinajstić information content (AvgIpc) is 1.67. The van der Waals surface area contributed by atoms with Crippen molar-refractivity contribution in [1.29, 1.82) is 0 Å². The summed E-state index contributed by atoms with van der Waals surface area (Å²) < 4.78 is 0. The first-order chi connectivity index (χ1) is 3.62. The Morgan fingerprint density at radius 1 is 1.50 bits per heavy atom. The summed E-state index contributed by atoms with van der Waals surface area (Å²) in [5.74, 6) is 0. The zero-order valence-electron chi connectivity index (χ0n) is 5.58. The Morgan fingerprint density at radius 3 is 2.12 bits per heavy atom. The fraction of sp³-hybridized carbons (Fsp3) is 1.00. The molecule has 0 radical (unpaired) electrons. The fourth-order valence-electron chi connectivity index (χ4n) is 0.592. The molecular formula is C6H14ClN. The molecule has 0 heterocycles. The Bertz CT molecular complexity index is 61.5. The minimum absolute atomic E-state index is 0.436. The zero-order chi connectivity index (χ0) is 6.62. The van der Waals surface area contributed by atoms with E-state index in [1.54, 1.807) is 0 Å². The Morgan fingerprint density at radius 2 is 2.00 bits per heavy atom. The molecule has 0 aliphatic carbocycles. The van der Waals surface area contributed by atoms with Gasteiger partial charge in [-0.25, -0.2) is 0 Å². The average molecular weight is 136 g/mol. The van der Waals surface area contributed by atoms with Crippen molar-refractivity contribution in [2.24, 2.45) is 5.73 Å². The van der Waals surface area contributed by atoms with Crippen molar-refractivity contribution >= 4 is 11.6 Å². The Balaban J connectivity index is 3.37. The highest BCUT2D eigenvalue weighted by atomic mass is 35.5. The van der Waals surface area contributed by atoms with E-state index >= 15 is 0 Å². The van der Waals surface area contributed by atoms with Gasteiger partial charge in [-0.1, -0.05) is 20.3 Å².